The molecule has 9 nitrogen and oxygen atoms in total. The predicted molar refractivity (Wildman–Crippen MR) is 186 cm³/mol. The monoisotopic (exact) mass is 658 g/mol. The number of carbonyl (C=O) groups is 4. The van der Waals surface area contributed by atoms with Gasteiger partial charge in [-0.05, 0) is 114 Å². The van der Waals surface area contributed by atoms with Crippen LogP contribution in [0.5, 0.6) is 23.0 Å². The Kier molecular flexibility index (Phi) is 12.6. The maximum absolute atomic E-state index is 12.6. The van der Waals surface area contributed by atoms with E-state index in [4.69, 9.17) is 23.7 Å². The molecule has 0 aromatic heterocycles. The summed E-state index contributed by atoms with van der Waals surface area (Å²) in [6.45, 7) is 10.1. The second kappa shape index (κ2) is 17.4. The summed E-state index contributed by atoms with van der Waals surface area (Å²) in [5.74, 6) is 0.0270. The smallest absolute Gasteiger partial charge is 0.336 e. The van der Waals surface area contributed by atoms with E-state index < -0.39 is 17.9 Å². The zero-order valence-electron chi connectivity index (χ0n) is 27.0. The fourth-order valence-electron chi connectivity index (χ4n) is 4.38. The summed E-state index contributed by atoms with van der Waals surface area (Å²) in [6.07, 6.45) is 8.16. The van der Waals surface area contributed by atoms with E-state index in [0.29, 0.717) is 23.0 Å². The summed E-state index contributed by atoms with van der Waals surface area (Å²) in [7, 11) is 0. The van der Waals surface area contributed by atoms with Crippen LogP contribution < -0.4 is 18.9 Å². The lowest BCUT2D eigenvalue weighted by Gasteiger charge is -2.12. The third-order valence-corrected chi connectivity index (χ3v) is 6.86. The van der Waals surface area contributed by atoms with Crippen LogP contribution in [0.25, 0.3) is 23.3 Å². The van der Waals surface area contributed by atoms with Gasteiger partial charge in [0.05, 0.1) is 0 Å². The lowest BCUT2D eigenvalue weighted by atomic mass is 9.99. The van der Waals surface area contributed by atoms with Crippen LogP contribution in [0.2, 0.25) is 0 Å². The molecule has 0 spiro atoms. The average molecular weight is 659 g/mol. The van der Waals surface area contributed by atoms with Crippen molar-refractivity contribution < 1.29 is 42.9 Å². The van der Waals surface area contributed by atoms with Crippen molar-refractivity contribution in [3.63, 3.8) is 0 Å². The highest BCUT2D eigenvalue weighted by molar-refractivity contribution is 5.91. The lowest BCUT2D eigenvalue weighted by Crippen LogP contribution is -2.07. The zero-order chi connectivity index (χ0) is 35.2. The van der Waals surface area contributed by atoms with E-state index in [0.717, 1.165) is 39.5 Å². The molecule has 0 N–H and O–H groups in total. The van der Waals surface area contributed by atoms with Gasteiger partial charge in [-0.25, -0.2) is 14.4 Å². The van der Waals surface area contributed by atoms with Gasteiger partial charge in [0.1, 0.15) is 23.0 Å². The van der Waals surface area contributed by atoms with Gasteiger partial charge < -0.3 is 23.7 Å². The molecule has 4 aromatic carbocycles. The molecule has 0 aliphatic carbocycles. The maximum atomic E-state index is 12.6. The van der Waals surface area contributed by atoms with Crippen LogP contribution >= 0.6 is 0 Å². The Morgan fingerprint density at radius 3 is 1.63 bits per heavy atom. The third-order valence-electron chi connectivity index (χ3n) is 6.86. The van der Waals surface area contributed by atoms with Crippen LogP contribution in [-0.2, 0) is 23.9 Å². The van der Waals surface area contributed by atoms with E-state index in [9.17, 15) is 19.2 Å². The predicted octanol–water partition coefficient (Wildman–Crippen LogP) is 7.41. The number of rotatable bonds is 15. The Labute approximate surface area is 284 Å². The molecule has 0 saturated heterocycles. The van der Waals surface area contributed by atoms with Crippen molar-refractivity contribution in [3.05, 3.63) is 145 Å². The first-order valence-electron chi connectivity index (χ1n) is 15.0. The van der Waals surface area contributed by atoms with Crippen molar-refractivity contribution in [2.75, 3.05) is 13.4 Å². The third kappa shape index (κ3) is 11.1. The van der Waals surface area contributed by atoms with Gasteiger partial charge in [0.25, 0.3) is 0 Å². The second-order valence-corrected chi connectivity index (χ2v) is 10.5. The van der Waals surface area contributed by atoms with Crippen molar-refractivity contribution in [3.8, 4) is 34.1 Å². The first-order valence-corrected chi connectivity index (χ1v) is 15.0. The number of ketones is 1. The minimum atomic E-state index is -0.578. The summed E-state index contributed by atoms with van der Waals surface area (Å²) >= 11 is 0. The van der Waals surface area contributed by atoms with Crippen LogP contribution in [0.3, 0.4) is 0 Å². The molecule has 0 aliphatic rings. The van der Waals surface area contributed by atoms with Crippen molar-refractivity contribution >= 4 is 35.8 Å². The second-order valence-electron chi connectivity index (χ2n) is 10.5. The largest absolute Gasteiger partial charge is 0.485 e. The summed E-state index contributed by atoms with van der Waals surface area (Å²) in [5, 5.41) is 0. The molecule has 248 valence electrons. The van der Waals surface area contributed by atoms with Gasteiger partial charge in [-0.1, -0.05) is 49.6 Å². The number of benzene rings is 4. The van der Waals surface area contributed by atoms with E-state index in [2.05, 4.69) is 13.2 Å². The molecule has 49 heavy (non-hydrogen) atoms. The number of carbonyl (C=O) groups excluding carboxylic acids is 4. The van der Waals surface area contributed by atoms with Crippen LogP contribution in [0, 0.1) is 13.8 Å². The van der Waals surface area contributed by atoms with Crippen LogP contribution in [0.4, 0.5) is 0 Å². The molecule has 0 aliphatic heterocycles. The minimum absolute atomic E-state index is 0.0853. The van der Waals surface area contributed by atoms with Crippen LogP contribution in [0.1, 0.15) is 22.3 Å². The van der Waals surface area contributed by atoms with Gasteiger partial charge in [-0.2, -0.15) is 0 Å². The number of hydrogen-bond acceptors (Lipinski definition) is 9. The fourth-order valence-corrected chi connectivity index (χ4v) is 4.38. The Hall–Kier alpha value is -6.48. The van der Waals surface area contributed by atoms with E-state index in [1.165, 1.54) is 18.2 Å². The highest BCUT2D eigenvalue weighted by atomic mass is 16.7. The van der Waals surface area contributed by atoms with Gasteiger partial charge in [0.15, 0.2) is 12.4 Å². The van der Waals surface area contributed by atoms with Gasteiger partial charge in [0, 0.05) is 18.2 Å². The lowest BCUT2D eigenvalue weighted by molar-refractivity contribution is -0.144. The first kappa shape index (κ1) is 35.4. The highest BCUT2D eigenvalue weighted by Crippen LogP contribution is 2.31. The molecular formula is C40H34O9. The molecule has 4 aromatic rings. The molecule has 0 fully saturated rings. The normalized spacial score (nSPS) is 10.7. The standard InChI is InChI=1S/C40H34O9/c1-5-33(41)25-45-34-15-7-29(8-16-34)12-22-39(44)49-40-27(3)23-32(24-28(40)4)31-13-19-36(20-14-31)48-38(43)21-11-30-9-17-35(18-10-30)46-26-47-37(42)6-2/h5-24H,1-2,25-26H2,3-4H3/b21-11+,22-12+. The Bertz CT molecular complexity index is 1860. The van der Waals surface area contributed by atoms with Crippen LogP contribution in [0.15, 0.2) is 122 Å². The minimum Gasteiger partial charge on any atom is -0.485 e. The molecule has 0 unspecified atom stereocenters. The molecule has 0 bridgehead atoms. The number of esters is 3. The van der Waals surface area contributed by atoms with Gasteiger partial charge in [-0.15, -0.1) is 0 Å². The van der Waals surface area contributed by atoms with Gasteiger partial charge in [0.2, 0.25) is 6.79 Å². The zero-order valence-corrected chi connectivity index (χ0v) is 27.0. The molecule has 0 saturated carbocycles. The number of aryl methyl sites for hydroxylation is 2. The van der Waals surface area contributed by atoms with E-state index in [1.807, 2.05) is 38.1 Å². The molecule has 0 atom stereocenters. The van der Waals surface area contributed by atoms with E-state index in [1.54, 1.807) is 72.8 Å². The van der Waals surface area contributed by atoms with E-state index >= 15 is 0 Å². The SMILES string of the molecule is C=CC(=O)COc1ccc(/C=C/C(=O)Oc2c(C)cc(-c3ccc(OC(=O)/C=C/c4ccc(OCOC(=O)C=C)cc4)cc3)cc2C)cc1. The quantitative estimate of drug-likeness (QED) is 0.0558. The van der Waals surface area contributed by atoms with Crippen molar-refractivity contribution in [1.82, 2.24) is 0 Å². The Balaban J connectivity index is 1.29. The van der Waals surface area contributed by atoms with Crippen molar-refractivity contribution in [2.24, 2.45) is 0 Å². The number of ether oxygens (including phenoxy) is 5. The summed E-state index contributed by atoms with van der Waals surface area (Å²) in [4.78, 5) is 47.4. The first-order chi connectivity index (χ1) is 23.6. The average Bonchev–Trinajstić information content (AvgIpc) is 3.11. The van der Waals surface area contributed by atoms with E-state index in [-0.39, 0.29) is 19.2 Å². The maximum Gasteiger partial charge on any atom is 0.336 e. The van der Waals surface area contributed by atoms with Gasteiger partial charge >= 0.3 is 17.9 Å². The van der Waals surface area contributed by atoms with Crippen LogP contribution in [-0.4, -0.2) is 37.1 Å². The molecule has 0 amide bonds. The molecule has 0 heterocycles. The summed E-state index contributed by atoms with van der Waals surface area (Å²) < 4.78 is 26.6. The fraction of sp³-hybridized carbons (Fsp3) is 0.100. The molecule has 0 radical (unpaired) electrons. The van der Waals surface area contributed by atoms with Crippen molar-refractivity contribution in [1.29, 1.82) is 0 Å². The summed E-state index contributed by atoms with van der Waals surface area (Å²) in [5.41, 5.74) is 4.87. The Morgan fingerprint density at radius 1 is 0.592 bits per heavy atom. The highest BCUT2D eigenvalue weighted by Gasteiger charge is 2.12. The topological polar surface area (TPSA) is 114 Å². The molecule has 9 heteroatoms. The molecule has 4 rings (SSSR count). The Morgan fingerprint density at radius 2 is 1.10 bits per heavy atom. The number of hydrogen-bond donors (Lipinski definition) is 0. The van der Waals surface area contributed by atoms with Crippen molar-refractivity contribution in [2.45, 2.75) is 13.8 Å². The van der Waals surface area contributed by atoms with Gasteiger partial charge in [-0.3, -0.25) is 4.79 Å². The summed E-state index contributed by atoms with van der Waals surface area (Å²) in [6, 6.07) is 24.7. The molecular weight excluding hydrogens is 624 g/mol.